The SMILES string of the molecule is Cc1ccc(OCCOc2ccc(Br)cc2)c([C@@H](C)O)c1. The highest BCUT2D eigenvalue weighted by Gasteiger charge is 2.09. The highest BCUT2D eigenvalue weighted by atomic mass is 79.9. The van der Waals surface area contributed by atoms with Crippen molar-refractivity contribution in [1.82, 2.24) is 0 Å². The number of hydrogen-bond acceptors (Lipinski definition) is 3. The van der Waals surface area contributed by atoms with Gasteiger partial charge < -0.3 is 14.6 Å². The highest BCUT2D eigenvalue weighted by molar-refractivity contribution is 9.10. The zero-order valence-electron chi connectivity index (χ0n) is 12.2. The Hall–Kier alpha value is -1.52. The molecule has 1 atom stereocenters. The van der Waals surface area contributed by atoms with E-state index < -0.39 is 6.10 Å². The predicted molar refractivity (Wildman–Crippen MR) is 86.9 cm³/mol. The lowest BCUT2D eigenvalue weighted by Gasteiger charge is -2.14. The molecule has 0 bridgehead atoms. The van der Waals surface area contributed by atoms with E-state index in [2.05, 4.69) is 15.9 Å². The molecule has 0 fully saturated rings. The zero-order chi connectivity index (χ0) is 15.2. The monoisotopic (exact) mass is 350 g/mol. The van der Waals surface area contributed by atoms with Crippen LogP contribution < -0.4 is 9.47 Å². The summed E-state index contributed by atoms with van der Waals surface area (Å²) in [5.74, 6) is 1.51. The number of aliphatic hydroxyl groups is 1. The van der Waals surface area contributed by atoms with E-state index in [1.807, 2.05) is 49.4 Å². The van der Waals surface area contributed by atoms with Gasteiger partial charge in [-0.2, -0.15) is 0 Å². The molecule has 0 aromatic heterocycles. The van der Waals surface area contributed by atoms with Crippen molar-refractivity contribution in [3.63, 3.8) is 0 Å². The predicted octanol–water partition coefficient (Wildman–Crippen LogP) is 4.27. The summed E-state index contributed by atoms with van der Waals surface area (Å²) in [5.41, 5.74) is 1.91. The van der Waals surface area contributed by atoms with Gasteiger partial charge in [-0.15, -0.1) is 0 Å². The van der Waals surface area contributed by atoms with Crippen LogP contribution in [-0.2, 0) is 0 Å². The van der Waals surface area contributed by atoms with Gasteiger partial charge in [-0.1, -0.05) is 27.6 Å². The van der Waals surface area contributed by atoms with Crippen molar-refractivity contribution in [3.8, 4) is 11.5 Å². The molecular weight excluding hydrogens is 332 g/mol. The van der Waals surface area contributed by atoms with Crippen LogP contribution in [0, 0.1) is 6.92 Å². The fraction of sp³-hybridized carbons (Fsp3) is 0.294. The van der Waals surface area contributed by atoms with Gasteiger partial charge in [0.15, 0.2) is 0 Å². The van der Waals surface area contributed by atoms with E-state index in [4.69, 9.17) is 9.47 Å². The molecule has 2 aromatic carbocycles. The number of ether oxygens (including phenoxy) is 2. The zero-order valence-corrected chi connectivity index (χ0v) is 13.8. The Morgan fingerprint density at radius 2 is 1.71 bits per heavy atom. The molecular formula is C17H19BrO3. The molecule has 0 saturated carbocycles. The summed E-state index contributed by atoms with van der Waals surface area (Å²) in [6.45, 7) is 4.61. The van der Waals surface area contributed by atoms with Crippen molar-refractivity contribution in [3.05, 3.63) is 58.1 Å². The second kappa shape index (κ2) is 7.48. The van der Waals surface area contributed by atoms with E-state index in [1.54, 1.807) is 6.92 Å². The molecule has 0 aliphatic heterocycles. The van der Waals surface area contributed by atoms with Crippen LogP contribution in [-0.4, -0.2) is 18.3 Å². The number of benzene rings is 2. The quantitative estimate of drug-likeness (QED) is 0.790. The molecule has 2 aromatic rings. The summed E-state index contributed by atoms with van der Waals surface area (Å²) in [6.07, 6.45) is -0.549. The van der Waals surface area contributed by atoms with Crippen molar-refractivity contribution in [1.29, 1.82) is 0 Å². The molecule has 4 heteroatoms. The summed E-state index contributed by atoms with van der Waals surface area (Å²) in [4.78, 5) is 0. The van der Waals surface area contributed by atoms with E-state index in [-0.39, 0.29) is 0 Å². The molecule has 2 rings (SSSR count). The van der Waals surface area contributed by atoms with Gasteiger partial charge in [-0.05, 0) is 50.2 Å². The molecule has 0 spiro atoms. The lowest BCUT2D eigenvalue weighted by atomic mass is 10.1. The Balaban J connectivity index is 1.87. The highest BCUT2D eigenvalue weighted by Crippen LogP contribution is 2.26. The van der Waals surface area contributed by atoms with Gasteiger partial charge in [0.2, 0.25) is 0 Å². The minimum Gasteiger partial charge on any atom is -0.490 e. The number of rotatable bonds is 6. The fourth-order valence-corrected chi connectivity index (χ4v) is 2.23. The molecule has 112 valence electrons. The van der Waals surface area contributed by atoms with Crippen LogP contribution in [0.2, 0.25) is 0 Å². The molecule has 0 radical (unpaired) electrons. The smallest absolute Gasteiger partial charge is 0.125 e. The first-order chi connectivity index (χ1) is 10.1. The average Bonchev–Trinajstić information content (AvgIpc) is 2.46. The summed E-state index contributed by atoms with van der Waals surface area (Å²) >= 11 is 3.38. The summed E-state index contributed by atoms with van der Waals surface area (Å²) in [7, 11) is 0. The molecule has 0 aliphatic carbocycles. The number of aryl methyl sites for hydroxylation is 1. The maximum absolute atomic E-state index is 9.77. The molecule has 0 heterocycles. The molecule has 3 nitrogen and oxygen atoms in total. The number of halogens is 1. The van der Waals surface area contributed by atoms with Gasteiger partial charge in [-0.3, -0.25) is 0 Å². The molecule has 0 aliphatic rings. The topological polar surface area (TPSA) is 38.7 Å². The van der Waals surface area contributed by atoms with E-state index in [9.17, 15) is 5.11 Å². The normalized spacial score (nSPS) is 12.0. The van der Waals surface area contributed by atoms with E-state index in [0.29, 0.717) is 19.0 Å². The van der Waals surface area contributed by atoms with Crippen molar-refractivity contribution < 1.29 is 14.6 Å². The Bertz CT molecular complexity index is 579. The largest absolute Gasteiger partial charge is 0.490 e. The minimum atomic E-state index is -0.549. The van der Waals surface area contributed by atoms with E-state index in [0.717, 1.165) is 21.3 Å². The average molecular weight is 351 g/mol. The Kier molecular flexibility index (Phi) is 5.65. The van der Waals surface area contributed by atoms with E-state index >= 15 is 0 Å². The second-order valence-corrected chi connectivity index (χ2v) is 5.78. The summed E-state index contributed by atoms with van der Waals surface area (Å²) in [5, 5.41) is 9.77. The van der Waals surface area contributed by atoms with Crippen LogP contribution in [0.5, 0.6) is 11.5 Å². The standard InChI is InChI=1S/C17H19BrO3/c1-12-3-8-17(16(11-12)13(2)19)21-10-9-20-15-6-4-14(18)5-7-15/h3-8,11,13,19H,9-10H2,1-2H3/t13-/m1/s1. The molecule has 0 unspecified atom stereocenters. The number of aliphatic hydroxyl groups excluding tert-OH is 1. The first-order valence-electron chi connectivity index (χ1n) is 6.86. The Morgan fingerprint density at radius 1 is 1.05 bits per heavy atom. The van der Waals surface area contributed by atoms with Crippen molar-refractivity contribution >= 4 is 15.9 Å². The first kappa shape index (κ1) is 15.9. The van der Waals surface area contributed by atoms with Crippen molar-refractivity contribution in [2.24, 2.45) is 0 Å². The van der Waals surface area contributed by atoms with Gasteiger partial charge in [-0.25, -0.2) is 0 Å². The third kappa shape index (κ3) is 4.76. The van der Waals surface area contributed by atoms with Crippen molar-refractivity contribution in [2.75, 3.05) is 13.2 Å². The van der Waals surface area contributed by atoms with Gasteiger partial charge in [0.25, 0.3) is 0 Å². The third-order valence-corrected chi connectivity index (χ3v) is 3.57. The van der Waals surface area contributed by atoms with E-state index in [1.165, 1.54) is 0 Å². The van der Waals surface area contributed by atoms with Crippen LogP contribution in [0.1, 0.15) is 24.2 Å². The van der Waals surface area contributed by atoms with Gasteiger partial charge in [0.05, 0.1) is 6.10 Å². The lowest BCUT2D eigenvalue weighted by molar-refractivity contribution is 0.182. The molecule has 0 saturated heterocycles. The first-order valence-corrected chi connectivity index (χ1v) is 7.65. The van der Waals surface area contributed by atoms with Crippen LogP contribution in [0.25, 0.3) is 0 Å². The molecule has 0 amide bonds. The van der Waals surface area contributed by atoms with Crippen LogP contribution in [0.3, 0.4) is 0 Å². The third-order valence-electron chi connectivity index (χ3n) is 3.04. The van der Waals surface area contributed by atoms with Crippen LogP contribution in [0.15, 0.2) is 46.9 Å². The van der Waals surface area contributed by atoms with Crippen molar-refractivity contribution in [2.45, 2.75) is 20.0 Å². The van der Waals surface area contributed by atoms with Crippen LogP contribution in [0.4, 0.5) is 0 Å². The summed E-state index contributed by atoms with van der Waals surface area (Å²) in [6, 6.07) is 13.5. The summed E-state index contributed by atoms with van der Waals surface area (Å²) < 4.78 is 12.3. The second-order valence-electron chi connectivity index (χ2n) is 4.87. The minimum absolute atomic E-state index is 0.429. The van der Waals surface area contributed by atoms with Gasteiger partial charge >= 0.3 is 0 Å². The van der Waals surface area contributed by atoms with Gasteiger partial charge in [0, 0.05) is 10.0 Å². The Labute approximate surface area is 133 Å². The van der Waals surface area contributed by atoms with Gasteiger partial charge in [0.1, 0.15) is 24.7 Å². The molecule has 21 heavy (non-hydrogen) atoms. The van der Waals surface area contributed by atoms with Crippen LogP contribution >= 0.6 is 15.9 Å². The number of hydrogen-bond donors (Lipinski definition) is 1. The Morgan fingerprint density at radius 3 is 2.38 bits per heavy atom. The maximum atomic E-state index is 9.77. The maximum Gasteiger partial charge on any atom is 0.125 e. The lowest BCUT2D eigenvalue weighted by Crippen LogP contribution is -2.10. The molecule has 1 N–H and O–H groups in total. The fourth-order valence-electron chi connectivity index (χ4n) is 1.97.